The van der Waals surface area contributed by atoms with Gasteiger partial charge in [-0.25, -0.2) is 0 Å². The van der Waals surface area contributed by atoms with Crippen molar-refractivity contribution in [2.75, 3.05) is 18.6 Å². The van der Waals surface area contributed by atoms with Gasteiger partial charge in [0.15, 0.2) is 0 Å². The standard InChI is InChI=1S/C22H24ClN3O5/c1-13(2)20(24-21(27)17-8-6-15(26(29)30)12-18(17)23)22(28)25-10-4-5-14-11-16(31-3)7-9-19(14)25/h6-9,11-13,20H,4-5,10H2,1-3H3,(H,24,27)/t20-/m0/s1. The molecule has 9 heteroatoms. The number of nitro groups is 1. The summed E-state index contributed by atoms with van der Waals surface area (Å²) in [5.74, 6) is -0.224. The number of hydrogen-bond acceptors (Lipinski definition) is 5. The van der Waals surface area contributed by atoms with Crippen LogP contribution < -0.4 is 15.0 Å². The minimum Gasteiger partial charge on any atom is -0.497 e. The quantitative estimate of drug-likeness (QED) is 0.535. The van der Waals surface area contributed by atoms with Gasteiger partial charge < -0.3 is 15.0 Å². The molecule has 3 rings (SSSR count). The Morgan fingerprint density at radius 1 is 1.23 bits per heavy atom. The van der Waals surface area contributed by atoms with Crippen molar-refractivity contribution in [3.8, 4) is 5.75 Å². The molecule has 1 aliphatic rings. The molecule has 0 aliphatic carbocycles. The van der Waals surface area contributed by atoms with Gasteiger partial charge in [-0.3, -0.25) is 19.7 Å². The Bertz CT molecular complexity index is 1020. The minimum atomic E-state index is -0.785. The van der Waals surface area contributed by atoms with Gasteiger partial charge in [-0.2, -0.15) is 0 Å². The summed E-state index contributed by atoms with van der Waals surface area (Å²) in [6.45, 7) is 4.24. The van der Waals surface area contributed by atoms with Crippen molar-refractivity contribution in [1.82, 2.24) is 5.32 Å². The van der Waals surface area contributed by atoms with E-state index in [-0.39, 0.29) is 28.1 Å². The van der Waals surface area contributed by atoms with E-state index in [0.29, 0.717) is 6.54 Å². The third-order valence-electron chi connectivity index (χ3n) is 5.30. The van der Waals surface area contributed by atoms with E-state index in [2.05, 4.69) is 5.32 Å². The molecule has 2 aromatic carbocycles. The number of nitrogens with zero attached hydrogens (tertiary/aromatic N) is 2. The second-order valence-electron chi connectivity index (χ2n) is 7.70. The molecule has 2 aromatic rings. The second-order valence-corrected chi connectivity index (χ2v) is 8.11. The molecule has 0 bridgehead atoms. The van der Waals surface area contributed by atoms with Crippen LogP contribution in [0.5, 0.6) is 5.75 Å². The number of ether oxygens (including phenoxy) is 1. The van der Waals surface area contributed by atoms with Crippen LogP contribution in [-0.4, -0.2) is 36.4 Å². The van der Waals surface area contributed by atoms with E-state index in [1.165, 1.54) is 12.1 Å². The SMILES string of the molecule is COc1ccc2c(c1)CCCN2C(=O)[C@@H](NC(=O)c1ccc([N+](=O)[O-])cc1Cl)C(C)C. The van der Waals surface area contributed by atoms with E-state index in [4.69, 9.17) is 16.3 Å². The lowest BCUT2D eigenvalue weighted by molar-refractivity contribution is -0.384. The molecule has 1 N–H and O–H groups in total. The zero-order valence-corrected chi connectivity index (χ0v) is 18.3. The van der Waals surface area contributed by atoms with Crippen LogP contribution in [0.1, 0.15) is 36.2 Å². The van der Waals surface area contributed by atoms with E-state index in [9.17, 15) is 19.7 Å². The topological polar surface area (TPSA) is 102 Å². The molecule has 0 saturated heterocycles. The third kappa shape index (κ3) is 4.80. The predicted molar refractivity (Wildman–Crippen MR) is 118 cm³/mol. The van der Waals surface area contributed by atoms with E-state index < -0.39 is 16.9 Å². The van der Waals surface area contributed by atoms with Gasteiger partial charge in [-0.05, 0) is 48.6 Å². The number of rotatable bonds is 6. The lowest BCUT2D eigenvalue weighted by Gasteiger charge is -2.34. The number of methoxy groups -OCH3 is 1. The zero-order chi connectivity index (χ0) is 22.7. The second kappa shape index (κ2) is 9.34. The molecule has 0 radical (unpaired) electrons. The first-order valence-electron chi connectivity index (χ1n) is 9.96. The van der Waals surface area contributed by atoms with Crippen LogP contribution in [-0.2, 0) is 11.2 Å². The number of nitro benzene ring substituents is 1. The van der Waals surface area contributed by atoms with E-state index in [1.807, 2.05) is 32.0 Å². The van der Waals surface area contributed by atoms with Crippen LogP contribution in [0.15, 0.2) is 36.4 Å². The molecule has 31 heavy (non-hydrogen) atoms. The molecular weight excluding hydrogens is 422 g/mol. The van der Waals surface area contributed by atoms with Gasteiger partial charge in [-0.15, -0.1) is 0 Å². The van der Waals surface area contributed by atoms with Gasteiger partial charge in [-0.1, -0.05) is 25.4 Å². The molecule has 0 saturated carbocycles. The number of amides is 2. The monoisotopic (exact) mass is 445 g/mol. The number of hydrogen-bond donors (Lipinski definition) is 1. The molecular formula is C22H24ClN3O5. The fourth-order valence-corrected chi connectivity index (χ4v) is 3.89. The smallest absolute Gasteiger partial charge is 0.270 e. The van der Waals surface area contributed by atoms with Crippen molar-refractivity contribution in [2.24, 2.45) is 5.92 Å². The van der Waals surface area contributed by atoms with Gasteiger partial charge >= 0.3 is 0 Å². The molecule has 1 aliphatic heterocycles. The van der Waals surface area contributed by atoms with Crippen molar-refractivity contribution >= 4 is 34.8 Å². The fourth-order valence-electron chi connectivity index (χ4n) is 3.63. The number of fused-ring (bicyclic) bond motifs is 1. The highest BCUT2D eigenvalue weighted by atomic mass is 35.5. The number of nitrogens with one attached hydrogen (secondary N) is 1. The lowest BCUT2D eigenvalue weighted by Crippen LogP contribution is -2.52. The van der Waals surface area contributed by atoms with E-state index >= 15 is 0 Å². The third-order valence-corrected chi connectivity index (χ3v) is 5.61. The molecule has 0 unspecified atom stereocenters. The molecule has 1 atom stereocenters. The molecule has 2 amide bonds. The van der Waals surface area contributed by atoms with Crippen LogP contribution in [0.4, 0.5) is 11.4 Å². The summed E-state index contributed by atoms with van der Waals surface area (Å²) in [5, 5.41) is 13.6. The molecule has 0 spiro atoms. The van der Waals surface area contributed by atoms with Crippen LogP contribution in [0, 0.1) is 16.0 Å². The minimum absolute atomic E-state index is 0.0444. The first-order chi connectivity index (χ1) is 14.7. The molecule has 0 aromatic heterocycles. The number of carbonyl (C=O) groups is 2. The van der Waals surface area contributed by atoms with Crippen molar-refractivity contribution in [2.45, 2.75) is 32.7 Å². The van der Waals surface area contributed by atoms with Crippen molar-refractivity contribution < 1.29 is 19.2 Å². The van der Waals surface area contributed by atoms with Crippen molar-refractivity contribution in [3.63, 3.8) is 0 Å². The van der Waals surface area contributed by atoms with Crippen LogP contribution in [0.25, 0.3) is 0 Å². The van der Waals surface area contributed by atoms with Crippen molar-refractivity contribution in [3.05, 3.63) is 62.7 Å². The number of carbonyl (C=O) groups excluding carboxylic acids is 2. The number of halogens is 1. The average molecular weight is 446 g/mol. The van der Waals surface area contributed by atoms with Crippen LogP contribution >= 0.6 is 11.6 Å². The first kappa shape index (κ1) is 22.6. The summed E-state index contributed by atoms with van der Waals surface area (Å²) in [7, 11) is 1.60. The Morgan fingerprint density at radius 3 is 2.58 bits per heavy atom. The van der Waals surface area contributed by atoms with E-state index in [0.717, 1.165) is 35.9 Å². The van der Waals surface area contributed by atoms with Gasteiger partial charge in [0.1, 0.15) is 11.8 Å². The average Bonchev–Trinajstić information content (AvgIpc) is 2.75. The summed E-state index contributed by atoms with van der Waals surface area (Å²) in [6, 6.07) is 8.43. The largest absolute Gasteiger partial charge is 0.497 e. The summed E-state index contributed by atoms with van der Waals surface area (Å²) in [4.78, 5) is 38.2. The Labute approximate surface area is 185 Å². The number of anilines is 1. The highest BCUT2D eigenvalue weighted by molar-refractivity contribution is 6.34. The van der Waals surface area contributed by atoms with Crippen LogP contribution in [0.2, 0.25) is 5.02 Å². The number of non-ortho nitro benzene ring substituents is 1. The lowest BCUT2D eigenvalue weighted by atomic mass is 9.97. The number of aryl methyl sites for hydroxylation is 1. The van der Waals surface area contributed by atoms with Gasteiger partial charge in [0.2, 0.25) is 5.91 Å². The molecule has 0 fully saturated rings. The Balaban J connectivity index is 1.84. The molecule has 164 valence electrons. The zero-order valence-electron chi connectivity index (χ0n) is 17.6. The normalized spacial score (nSPS) is 14.0. The maximum Gasteiger partial charge on any atom is 0.270 e. The molecule has 8 nitrogen and oxygen atoms in total. The fraction of sp³-hybridized carbons (Fsp3) is 0.364. The van der Waals surface area contributed by atoms with Crippen molar-refractivity contribution in [1.29, 1.82) is 0 Å². The Kier molecular flexibility index (Phi) is 6.80. The maximum absolute atomic E-state index is 13.4. The summed E-state index contributed by atoms with van der Waals surface area (Å²) >= 11 is 6.08. The van der Waals surface area contributed by atoms with E-state index in [1.54, 1.807) is 12.0 Å². The highest BCUT2D eigenvalue weighted by Gasteiger charge is 2.32. The Morgan fingerprint density at radius 2 is 1.97 bits per heavy atom. The predicted octanol–water partition coefficient (Wildman–Crippen LogP) is 3.99. The summed E-state index contributed by atoms with van der Waals surface area (Å²) < 4.78 is 5.28. The molecule has 1 heterocycles. The maximum atomic E-state index is 13.4. The van der Waals surface area contributed by atoms with Gasteiger partial charge in [0.05, 0.1) is 22.6 Å². The van der Waals surface area contributed by atoms with Gasteiger partial charge in [0, 0.05) is 24.4 Å². The van der Waals surface area contributed by atoms with Gasteiger partial charge in [0.25, 0.3) is 11.6 Å². The highest BCUT2D eigenvalue weighted by Crippen LogP contribution is 2.31. The summed E-state index contributed by atoms with van der Waals surface area (Å²) in [5.41, 5.74) is 1.70. The van der Waals surface area contributed by atoms with Crippen LogP contribution in [0.3, 0.4) is 0 Å². The summed E-state index contributed by atoms with van der Waals surface area (Å²) in [6.07, 6.45) is 1.65. The first-order valence-corrected chi connectivity index (χ1v) is 10.3. The Hall–Kier alpha value is -3.13. The number of benzene rings is 2.